The van der Waals surface area contributed by atoms with Gasteiger partial charge in [-0.2, -0.15) is 0 Å². The highest BCUT2D eigenvalue weighted by Gasteiger charge is 2.17. The maximum absolute atomic E-state index is 12.0. The van der Waals surface area contributed by atoms with Crippen molar-refractivity contribution in [2.24, 2.45) is 0 Å². The zero-order valence-electron chi connectivity index (χ0n) is 13.1. The number of ketones is 2. The molecule has 0 saturated carbocycles. The minimum absolute atomic E-state index is 0.0224. The molecule has 1 aromatic rings. The molecule has 0 radical (unpaired) electrons. The number of carbonyl (C=O) groups excluding carboxylic acids is 2. The average Bonchev–Trinajstić information content (AvgIpc) is 2.69. The number of thioether (sulfide) groups is 1. The molecule has 1 aliphatic heterocycles. The lowest BCUT2D eigenvalue weighted by molar-refractivity contribution is -0.113. The van der Waals surface area contributed by atoms with E-state index in [9.17, 15) is 9.59 Å². The zero-order valence-corrected chi connectivity index (χ0v) is 13.9. The van der Waals surface area contributed by atoms with Gasteiger partial charge in [-0.3, -0.25) is 9.59 Å². The average molecular weight is 317 g/mol. The molecule has 0 saturated heterocycles. The quantitative estimate of drug-likeness (QED) is 0.618. The third-order valence-electron chi connectivity index (χ3n) is 3.62. The topological polar surface area (TPSA) is 46.2 Å². The van der Waals surface area contributed by atoms with Gasteiger partial charge >= 0.3 is 0 Å². The molecular formula is C18H23NO2S. The Morgan fingerprint density at radius 1 is 1.05 bits per heavy atom. The first-order valence-corrected chi connectivity index (χ1v) is 8.91. The third kappa shape index (κ3) is 5.11. The molecule has 1 N–H and O–H groups in total. The lowest BCUT2D eigenvalue weighted by atomic mass is 10.0. The number of Topliss-reactive ketones (excluding diaryl/α,β-unsaturated/α-hetero) is 1. The molecule has 118 valence electrons. The number of nitrogens with one attached hydrogen (secondary N) is 1. The van der Waals surface area contributed by atoms with Gasteiger partial charge in [0.1, 0.15) is 0 Å². The van der Waals surface area contributed by atoms with Crippen LogP contribution in [0.2, 0.25) is 0 Å². The number of benzene rings is 1. The number of rotatable bonds is 7. The molecular weight excluding hydrogens is 294 g/mol. The van der Waals surface area contributed by atoms with E-state index < -0.39 is 0 Å². The van der Waals surface area contributed by atoms with E-state index in [0.717, 1.165) is 11.3 Å². The molecule has 0 spiro atoms. The van der Waals surface area contributed by atoms with E-state index in [4.69, 9.17) is 0 Å². The zero-order chi connectivity index (χ0) is 15.8. The molecule has 0 atom stereocenters. The summed E-state index contributed by atoms with van der Waals surface area (Å²) in [6, 6.07) is 7.96. The van der Waals surface area contributed by atoms with E-state index >= 15 is 0 Å². The predicted molar refractivity (Wildman–Crippen MR) is 92.2 cm³/mol. The van der Waals surface area contributed by atoms with Gasteiger partial charge in [0.15, 0.2) is 11.6 Å². The lowest BCUT2D eigenvalue weighted by Crippen LogP contribution is -2.24. The standard InChI is InChI=1S/C18H23NO2S/c1-2-3-4-5-10-22-16-8-6-14(7-9-16)17-11-15(20)12-19-13-18(17)21/h6-9,11,19H,2-5,10,12-13H2,1H3. The minimum atomic E-state index is -0.0461. The van der Waals surface area contributed by atoms with Crippen molar-refractivity contribution in [1.82, 2.24) is 5.32 Å². The van der Waals surface area contributed by atoms with Crippen LogP contribution < -0.4 is 5.32 Å². The van der Waals surface area contributed by atoms with Gasteiger partial charge in [-0.15, -0.1) is 11.8 Å². The molecule has 1 aromatic carbocycles. The summed E-state index contributed by atoms with van der Waals surface area (Å²) in [5.41, 5.74) is 1.35. The molecule has 0 aliphatic carbocycles. The van der Waals surface area contributed by atoms with Crippen LogP contribution in [0.1, 0.15) is 38.2 Å². The van der Waals surface area contributed by atoms with Crippen LogP contribution in [-0.4, -0.2) is 30.4 Å². The highest BCUT2D eigenvalue weighted by atomic mass is 32.2. The fourth-order valence-electron chi connectivity index (χ4n) is 2.38. The fourth-order valence-corrected chi connectivity index (χ4v) is 3.29. The highest BCUT2D eigenvalue weighted by Crippen LogP contribution is 2.23. The summed E-state index contributed by atoms with van der Waals surface area (Å²) < 4.78 is 0. The third-order valence-corrected chi connectivity index (χ3v) is 4.72. The van der Waals surface area contributed by atoms with E-state index in [1.165, 1.54) is 36.7 Å². The molecule has 0 bridgehead atoms. The Balaban J connectivity index is 1.96. The molecule has 1 aliphatic rings. The largest absolute Gasteiger partial charge is 0.303 e. The maximum Gasteiger partial charge on any atom is 0.177 e. The number of unbranched alkanes of at least 4 members (excludes halogenated alkanes) is 3. The Labute approximate surface area is 136 Å². The molecule has 2 rings (SSSR count). The fraction of sp³-hybridized carbons (Fsp3) is 0.444. The van der Waals surface area contributed by atoms with Crippen molar-refractivity contribution in [3.8, 4) is 0 Å². The first-order chi connectivity index (χ1) is 10.7. The van der Waals surface area contributed by atoms with Crippen LogP contribution in [0.4, 0.5) is 0 Å². The smallest absolute Gasteiger partial charge is 0.177 e. The minimum Gasteiger partial charge on any atom is -0.303 e. The molecule has 3 nitrogen and oxygen atoms in total. The predicted octanol–water partition coefficient (Wildman–Crippen LogP) is 3.48. The summed E-state index contributed by atoms with van der Waals surface area (Å²) in [6.07, 6.45) is 6.56. The summed E-state index contributed by atoms with van der Waals surface area (Å²) in [4.78, 5) is 24.9. The molecule has 0 fully saturated rings. The first-order valence-electron chi connectivity index (χ1n) is 7.92. The van der Waals surface area contributed by atoms with Gasteiger partial charge in [0.2, 0.25) is 0 Å². The van der Waals surface area contributed by atoms with Gasteiger partial charge in [0.25, 0.3) is 0 Å². The summed E-state index contributed by atoms with van der Waals surface area (Å²) in [5, 5.41) is 2.85. The van der Waals surface area contributed by atoms with Crippen LogP contribution in [0.5, 0.6) is 0 Å². The van der Waals surface area contributed by atoms with Gasteiger partial charge in [-0.05, 0) is 35.9 Å². The van der Waals surface area contributed by atoms with Crippen LogP contribution in [0.15, 0.2) is 35.2 Å². The van der Waals surface area contributed by atoms with Gasteiger partial charge in [-0.25, -0.2) is 0 Å². The van der Waals surface area contributed by atoms with Crippen molar-refractivity contribution in [3.05, 3.63) is 35.9 Å². The summed E-state index contributed by atoms with van der Waals surface area (Å²) in [6.45, 7) is 2.68. The molecule has 1 heterocycles. The Morgan fingerprint density at radius 2 is 1.82 bits per heavy atom. The van der Waals surface area contributed by atoms with Gasteiger partial charge in [0.05, 0.1) is 13.1 Å². The summed E-state index contributed by atoms with van der Waals surface area (Å²) in [5.74, 6) is 1.06. The highest BCUT2D eigenvalue weighted by molar-refractivity contribution is 7.99. The summed E-state index contributed by atoms with van der Waals surface area (Å²) >= 11 is 1.85. The van der Waals surface area contributed by atoms with Gasteiger partial charge in [-0.1, -0.05) is 38.3 Å². The Morgan fingerprint density at radius 3 is 2.55 bits per heavy atom. The van der Waals surface area contributed by atoms with Crippen LogP contribution in [0.3, 0.4) is 0 Å². The molecule has 0 amide bonds. The molecule has 0 aromatic heterocycles. The van der Waals surface area contributed by atoms with Crippen LogP contribution in [0, 0.1) is 0 Å². The Bertz CT molecular complexity index is 549. The lowest BCUT2D eigenvalue weighted by Gasteiger charge is -2.06. The SMILES string of the molecule is CCCCCCSc1ccc(C2=CC(=O)CNCC2=O)cc1. The Hall–Kier alpha value is -1.39. The van der Waals surface area contributed by atoms with Crippen molar-refractivity contribution in [2.45, 2.75) is 37.5 Å². The molecule has 22 heavy (non-hydrogen) atoms. The van der Waals surface area contributed by atoms with Crippen molar-refractivity contribution >= 4 is 28.9 Å². The van der Waals surface area contributed by atoms with Crippen molar-refractivity contribution in [2.75, 3.05) is 18.8 Å². The monoisotopic (exact) mass is 317 g/mol. The second kappa shape index (κ2) is 8.91. The van der Waals surface area contributed by atoms with E-state index in [1.54, 1.807) is 0 Å². The van der Waals surface area contributed by atoms with E-state index in [2.05, 4.69) is 12.2 Å². The van der Waals surface area contributed by atoms with Crippen LogP contribution >= 0.6 is 11.8 Å². The maximum atomic E-state index is 12.0. The van der Waals surface area contributed by atoms with Crippen LogP contribution in [-0.2, 0) is 9.59 Å². The second-order valence-corrected chi connectivity index (χ2v) is 6.65. The van der Waals surface area contributed by atoms with Crippen molar-refractivity contribution < 1.29 is 9.59 Å². The van der Waals surface area contributed by atoms with Gasteiger partial charge in [0, 0.05) is 10.5 Å². The summed E-state index contributed by atoms with van der Waals surface area (Å²) in [7, 11) is 0. The second-order valence-electron chi connectivity index (χ2n) is 5.48. The number of hydrogen-bond donors (Lipinski definition) is 1. The number of hydrogen-bond acceptors (Lipinski definition) is 4. The first kappa shape index (κ1) is 17.0. The van der Waals surface area contributed by atoms with E-state index in [-0.39, 0.29) is 24.7 Å². The van der Waals surface area contributed by atoms with Crippen molar-refractivity contribution in [1.29, 1.82) is 0 Å². The van der Waals surface area contributed by atoms with Gasteiger partial charge < -0.3 is 5.32 Å². The number of carbonyl (C=O) groups is 2. The Kier molecular flexibility index (Phi) is 6.87. The van der Waals surface area contributed by atoms with Crippen molar-refractivity contribution in [3.63, 3.8) is 0 Å². The van der Waals surface area contributed by atoms with Crippen LogP contribution in [0.25, 0.3) is 5.57 Å². The molecule has 4 heteroatoms. The normalized spacial score (nSPS) is 15.6. The molecule has 0 unspecified atom stereocenters. The van der Waals surface area contributed by atoms with E-state index in [0.29, 0.717) is 5.57 Å². The van der Waals surface area contributed by atoms with E-state index in [1.807, 2.05) is 36.0 Å².